The van der Waals surface area contributed by atoms with Gasteiger partial charge in [0.05, 0.1) is 17.7 Å². The number of nitrogens with zero attached hydrogens (tertiary/aromatic N) is 3. The van der Waals surface area contributed by atoms with Crippen molar-refractivity contribution in [2.75, 3.05) is 26.5 Å². The Morgan fingerprint density at radius 3 is 2.50 bits per heavy atom. The van der Waals surface area contributed by atoms with Crippen LogP contribution in [-0.2, 0) is 15.8 Å². The van der Waals surface area contributed by atoms with Crippen LogP contribution in [0.5, 0.6) is 0 Å². The molecule has 8 nitrogen and oxygen atoms in total. The molecule has 2 aromatic rings. The van der Waals surface area contributed by atoms with Crippen LogP contribution in [0.4, 0.5) is 22.7 Å². The first-order valence-electron chi connectivity index (χ1n) is 9.08. The molecule has 1 aromatic heterocycles. The van der Waals surface area contributed by atoms with Gasteiger partial charge in [-0.3, -0.25) is 25.0 Å². The van der Waals surface area contributed by atoms with Crippen molar-refractivity contribution in [3.8, 4) is 11.3 Å². The van der Waals surface area contributed by atoms with E-state index in [1.807, 2.05) is 0 Å². The van der Waals surface area contributed by atoms with E-state index in [1.54, 1.807) is 0 Å². The molecule has 1 saturated heterocycles. The molecular formula is C19H18F4N6O2S. The molecule has 0 saturated carbocycles. The smallest absolute Gasteiger partial charge is 0.390 e. The Morgan fingerprint density at radius 1 is 1.25 bits per heavy atom. The van der Waals surface area contributed by atoms with Gasteiger partial charge in [0.25, 0.3) is 5.91 Å². The van der Waals surface area contributed by atoms with Crippen LogP contribution in [0.15, 0.2) is 34.8 Å². The Balaban J connectivity index is 1.79. The highest BCUT2D eigenvalue weighted by Gasteiger charge is 2.36. The largest absolute Gasteiger partial charge is 0.419 e. The zero-order valence-electron chi connectivity index (χ0n) is 17.1. The van der Waals surface area contributed by atoms with Gasteiger partial charge in [0.1, 0.15) is 11.4 Å². The maximum absolute atomic E-state index is 14.3. The molecule has 0 atom stereocenters. The number of halogens is 4. The Bertz CT molecular complexity index is 1110. The molecule has 3 rings (SSSR count). The van der Waals surface area contributed by atoms with Crippen LogP contribution in [0, 0.1) is 11.2 Å². The monoisotopic (exact) mass is 470 g/mol. The van der Waals surface area contributed by atoms with Gasteiger partial charge < -0.3 is 10.6 Å². The second kappa shape index (κ2) is 8.57. The number of hydrazine groups is 1. The fraction of sp³-hybridized carbons (Fsp3) is 0.263. The summed E-state index contributed by atoms with van der Waals surface area (Å²) in [5.41, 5.74) is -1.55. The summed E-state index contributed by atoms with van der Waals surface area (Å²) in [5.74, 6) is -2.56. The van der Waals surface area contributed by atoms with Crippen LogP contribution in [0.1, 0.15) is 12.0 Å². The number of nitrogens with one attached hydrogen (secondary N) is 3. The molecule has 1 fully saturated rings. The number of aromatic nitrogens is 1. The average molecular weight is 470 g/mol. The number of anilines is 1. The number of carbonyl (C=O) groups is 2. The summed E-state index contributed by atoms with van der Waals surface area (Å²) in [6.07, 6.45) is -5.13. The zero-order chi connectivity index (χ0) is 23.8. The minimum absolute atomic E-state index is 0.0403. The number of thiazole rings is 1. The van der Waals surface area contributed by atoms with Crippen molar-refractivity contribution in [3.63, 3.8) is 0 Å². The summed E-state index contributed by atoms with van der Waals surface area (Å²) in [6, 6.07) is 2.88. The fourth-order valence-corrected chi connectivity index (χ4v) is 3.74. The van der Waals surface area contributed by atoms with Crippen molar-refractivity contribution >= 4 is 34.1 Å². The van der Waals surface area contributed by atoms with Gasteiger partial charge in [-0.25, -0.2) is 9.37 Å². The predicted molar refractivity (Wildman–Crippen MR) is 110 cm³/mol. The minimum Gasteiger partial charge on any atom is -0.390 e. The third kappa shape index (κ3) is 4.28. The summed E-state index contributed by atoms with van der Waals surface area (Å²) < 4.78 is 53.2. The molecule has 0 aliphatic carbocycles. The Hall–Kier alpha value is -3.48. The lowest BCUT2D eigenvalue weighted by Crippen LogP contribution is -2.33. The van der Waals surface area contributed by atoms with Crippen LogP contribution >= 0.6 is 11.3 Å². The molecule has 2 heterocycles. The number of likely N-dealkylation sites (N-methyl/N-ethyl adjacent to an activating group) is 2. The minimum atomic E-state index is -4.85. The van der Waals surface area contributed by atoms with Gasteiger partial charge in [0.2, 0.25) is 5.91 Å². The first-order valence-corrected chi connectivity index (χ1v) is 9.96. The van der Waals surface area contributed by atoms with Crippen LogP contribution in [0.3, 0.4) is 0 Å². The molecule has 32 heavy (non-hydrogen) atoms. The van der Waals surface area contributed by atoms with E-state index >= 15 is 0 Å². The molecule has 1 aliphatic rings. The Labute approximate surface area is 184 Å². The topological polar surface area (TPSA) is 101 Å². The lowest BCUT2D eigenvalue weighted by atomic mass is 10.1. The van der Waals surface area contributed by atoms with Crippen LogP contribution in [0.2, 0.25) is 0 Å². The summed E-state index contributed by atoms with van der Waals surface area (Å²) in [5, 5.41) is 17.2. The highest BCUT2D eigenvalue weighted by molar-refractivity contribution is 7.14. The van der Waals surface area contributed by atoms with E-state index in [0.717, 1.165) is 17.4 Å². The molecule has 0 bridgehead atoms. The SMILES string of the molecule is CN/C(CC(=O)Nc1nc(-c2cccc(C(F)(F)F)c2F)cs1)=C1\C(=N)N(C)N(C)C1=O. The van der Waals surface area contributed by atoms with E-state index < -0.39 is 29.4 Å². The van der Waals surface area contributed by atoms with Gasteiger partial charge in [-0.2, -0.15) is 13.2 Å². The summed E-state index contributed by atoms with van der Waals surface area (Å²) in [6.45, 7) is 0. The van der Waals surface area contributed by atoms with Gasteiger partial charge in [0, 0.05) is 37.8 Å². The molecule has 0 unspecified atom stereocenters. The maximum Gasteiger partial charge on any atom is 0.419 e. The van der Waals surface area contributed by atoms with Crippen molar-refractivity contribution in [1.82, 2.24) is 20.3 Å². The highest BCUT2D eigenvalue weighted by Crippen LogP contribution is 2.36. The van der Waals surface area contributed by atoms with Crippen molar-refractivity contribution in [2.45, 2.75) is 12.6 Å². The summed E-state index contributed by atoms with van der Waals surface area (Å²) in [4.78, 5) is 28.8. The third-order valence-corrected chi connectivity index (χ3v) is 5.55. The van der Waals surface area contributed by atoms with E-state index in [9.17, 15) is 27.2 Å². The molecular weight excluding hydrogens is 452 g/mol. The summed E-state index contributed by atoms with van der Waals surface area (Å²) >= 11 is 0.910. The molecule has 0 radical (unpaired) electrons. The standard InChI is InChI=1S/C19H18F4N6O2S/c1-25-11(14-16(24)28(2)29(3)17(14)31)7-13(30)27-18-26-12(8-32-18)9-5-4-6-10(15(9)20)19(21,22)23/h4-6,8,24-25H,7H2,1-3H3,(H,26,27,30)/b14-11+,24-16?. The van der Waals surface area contributed by atoms with E-state index in [-0.39, 0.29) is 39.9 Å². The quantitative estimate of drug-likeness (QED) is 0.461. The Kier molecular flexibility index (Phi) is 6.21. The number of rotatable bonds is 5. The molecule has 170 valence electrons. The van der Waals surface area contributed by atoms with Gasteiger partial charge >= 0.3 is 6.18 Å². The first kappa shape index (κ1) is 23.2. The fourth-order valence-electron chi connectivity index (χ4n) is 3.01. The Morgan fingerprint density at radius 2 is 1.94 bits per heavy atom. The lowest BCUT2D eigenvalue weighted by molar-refractivity contribution is -0.140. The summed E-state index contributed by atoms with van der Waals surface area (Å²) in [7, 11) is 4.53. The molecule has 2 amide bonds. The molecule has 13 heteroatoms. The number of benzene rings is 1. The van der Waals surface area contributed by atoms with Crippen molar-refractivity contribution in [1.29, 1.82) is 5.41 Å². The van der Waals surface area contributed by atoms with E-state index in [0.29, 0.717) is 6.07 Å². The van der Waals surface area contributed by atoms with Gasteiger partial charge in [-0.05, 0) is 12.1 Å². The molecule has 1 aliphatic heterocycles. The van der Waals surface area contributed by atoms with E-state index in [1.165, 1.54) is 42.6 Å². The van der Waals surface area contributed by atoms with Crippen molar-refractivity contribution in [2.24, 2.45) is 0 Å². The number of hydrogen-bond donors (Lipinski definition) is 3. The number of hydrogen-bond acceptors (Lipinski definition) is 6. The van der Waals surface area contributed by atoms with Crippen LogP contribution in [0.25, 0.3) is 11.3 Å². The number of carbonyl (C=O) groups excluding carboxylic acids is 2. The van der Waals surface area contributed by atoms with E-state index in [2.05, 4.69) is 15.6 Å². The van der Waals surface area contributed by atoms with Gasteiger partial charge in [-0.1, -0.05) is 6.07 Å². The van der Waals surface area contributed by atoms with Crippen LogP contribution < -0.4 is 10.6 Å². The molecule has 0 spiro atoms. The second-order valence-corrected chi connectivity index (χ2v) is 7.59. The molecule has 1 aromatic carbocycles. The zero-order valence-corrected chi connectivity index (χ0v) is 17.9. The first-order chi connectivity index (χ1) is 15.0. The number of amidine groups is 1. The van der Waals surface area contributed by atoms with Crippen molar-refractivity contribution < 1.29 is 27.2 Å². The second-order valence-electron chi connectivity index (χ2n) is 6.73. The highest BCUT2D eigenvalue weighted by atomic mass is 32.1. The maximum atomic E-state index is 14.3. The average Bonchev–Trinajstić information content (AvgIpc) is 3.25. The molecule has 3 N–H and O–H groups in total. The number of amides is 2. The van der Waals surface area contributed by atoms with Crippen molar-refractivity contribution in [3.05, 3.63) is 46.2 Å². The van der Waals surface area contributed by atoms with E-state index in [4.69, 9.17) is 5.41 Å². The lowest BCUT2D eigenvalue weighted by Gasteiger charge is -2.18. The third-order valence-electron chi connectivity index (χ3n) is 4.79. The predicted octanol–water partition coefficient (Wildman–Crippen LogP) is 3.07. The number of alkyl halides is 3. The van der Waals surface area contributed by atoms with Gasteiger partial charge in [-0.15, -0.1) is 11.3 Å². The normalized spacial score (nSPS) is 16.0. The van der Waals surface area contributed by atoms with Crippen LogP contribution in [-0.4, -0.2) is 53.8 Å². The van der Waals surface area contributed by atoms with Gasteiger partial charge in [0.15, 0.2) is 11.0 Å².